The molecular formula is C15H24N6. The number of imidazole rings is 2. The number of hydrogen-bond donors (Lipinski definition) is 2. The van der Waals surface area contributed by atoms with Gasteiger partial charge < -0.3 is 9.97 Å². The zero-order valence-corrected chi connectivity index (χ0v) is 12.9. The fourth-order valence-corrected chi connectivity index (χ4v) is 2.86. The van der Waals surface area contributed by atoms with Crippen LogP contribution in [0.25, 0.3) is 0 Å². The van der Waals surface area contributed by atoms with Crippen molar-refractivity contribution >= 4 is 0 Å². The van der Waals surface area contributed by atoms with E-state index in [0.29, 0.717) is 0 Å². The van der Waals surface area contributed by atoms with Gasteiger partial charge in [0.05, 0.1) is 24.0 Å². The topological polar surface area (TPSA) is 63.8 Å². The summed E-state index contributed by atoms with van der Waals surface area (Å²) in [7, 11) is 0. The maximum absolute atomic E-state index is 4.41. The van der Waals surface area contributed by atoms with E-state index in [9.17, 15) is 0 Å². The molecule has 6 nitrogen and oxygen atoms in total. The van der Waals surface area contributed by atoms with Crippen LogP contribution in [-0.4, -0.2) is 55.9 Å². The standard InChI is InChI=1S/C15H24N6/c1-12-14(18-10-16-12)8-20-4-3-5-21(7-6-20)9-15-13(2)17-11-19-15/h10-11H,3-9H2,1-2H3,(H,16,18)(H,17,19). The van der Waals surface area contributed by atoms with Crippen LogP contribution in [0, 0.1) is 13.8 Å². The zero-order chi connectivity index (χ0) is 14.7. The molecule has 0 bridgehead atoms. The molecule has 3 heterocycles. The van der Waals surface area contributed by atoms with Gasteiger partial charge in [-0.1, -0.05) is 0 Å². The van der Waals surface area contributed by atoms with E-state index in [2.05, 4.69) is 43.6 Å². The molecule has 0 amide bonds. The molecule has 2 N–H and O–H groups in total. The Hall–Kier alpha value is -1.66. The van der Waals surface area contributed by atoms with E-state index < -0.39 is 0 Å². The highest BCUT2D eigenvalue weighted by Gasteiger charge is 2.17. The van der Waals surface area contributed by atoms with Crippen LogP contribution in [0.5, 0.6) is 0 Å². The van der Waals surface area contributed by atoms with Crippen LogP contribution in [0.1, 0.15) is 29.2 Å². The summed E-state index contributed by atoms with van der Waals surface area (Å²) in [6, 6.07) is 0. The lowest BCUT2D eigenvalue weighted by atomic mass is 10.3. The second kappa shape index (κ2) is 6.41. The summed E-state index contributed by atoms with van der Waals surface area (Å²) in [6.45, 7) is 10.5. The molecule has 0 spiro atoms. The molecule has 0 atom stereocenters. The molecule has 2 aromatic heterocycles. The third-order valence-corrected chi connectivity index (χ3v) is 4.30. The van der Waals surface area contributed by atoms with Crippen LogP contribution in [0.4, 0.5) is 0 Å². The molecule has 1 aliphatic rings. The van der Waals surface area contributed by atoms with Gasteiger partial charge in [0.25, 0.3) is 0 Å². The fourth-order valence-electron chi connectivity index (χ4n) is 2.86. The van der Waals surface area contributed by atoms with Crippen molar-refractivity contribution in [2.75, 3.05) is 26.2 Å². The number of aromatic amines is 2. The van der Waals surface area contributed by atoms with Gasteiger partial charge >= 0.3 is 0 Å². The molecule has 114 valence electrons. The first-order chi connectivity index (χ1) is 10.2. The van der Waals surface area contributed by atoms with Gasteiger partial charge in [0.1, 0.15) is 0 Å². The number of nitrogens with zero attached hydrogens (tertiary/aromatic N) is 4. The first kappa shape index (κ1) is 14.3. The first-order valence-corrected chi connectivity index (χ1v) is 7.65. The summed E-state index contributed by atoms with van der Waals surface area (Å²) in [4.78, 5) is 20.1. The van der Waals surface area contributed by atoms with Crippen molar-refractivity contribution in [2.24, 2.45) is 0 Å². The summed E-state index contributed by atoms with van der Waals surface area (Å²) in [5.41, 5.74) is 4.71. The maximum Gasteiger partial charge on any atom is 0.0925 e. The Morgan fingerprint density at radius 3 is 1.71 bits per heavy atom. The summed E-state index contributed by atoms with van der Waals surface area (Å²) >= 11 is 0. The third kappa shape index (κ3) is 3.51. The largest absolute Gasteiger partial charge is 0.348 e. The van der Waals surface area contributed by atoms with E-state index in [1.165, 1.54) is 29.2 Å². The Morgan fingerprint density at radius 2 is 1.33 bits per heavy atom. The van der Waals surface area contributed by atoms with Crippen molar-refractivity contribution in [2.45, 2.75) is 33.4 Å². The highest BCUT2D eigenvalue weighted by Crippen LogP contribution is 2.12. The van der Waals surface area contributed by atoms with Crippen molar-refractivity contribution < 1.29 is 0 Å². The SMILES string of the molecule is Cc1[nH]cnc1CN1CCCN(Cc2nc[nH]c2C)CC1. The molecule has 1 saturated heterocycles. The second-order valence-electron chi connectivity index (χ2n) is 5.85. The van der Waals surface area contributed by atoms with E-state index in [0.717, 1.165) is 39.3 Å². The van der Waals surface area contributed by atoms with Crippen molar-refractivity contribution in [3.8, 4) is 0 Å². The number of aromatic nitrogens is 4. The van der Waals surface area contributed by atoms with Crippen molar-refractivity contribution in [1.29, 1.82) is 0 Å². The molecule has 1 fully saturated rings. The van der Waals surface area contributed by atoms with Crippen molar-refractivity contribution in [1.82, 2.24) is 29.7 Å². The molecule has 1 aliphatic heterocycles. The normalized spacial score (nSPS) is 18.0. The van der Waals surface area contributed by atoms with Gasteiger partial charge in [0.15, 0.2) is 0 Å². The number of nitrogens with one attached hydrogen (secondary N) is 2. The highest BCUT2D eigenvalue weighted by atomic mass is 15.2. The Morgan fingerprint density at radius 1 is 0.857 bits per heavy atom. The van der Waals surface area contributed by atoms with Gasteiger partial charge in [-0.3, -0.25) is 9.80 Å². The molecule has 0 saturated carbocycles. The Kier molecular flexibility index (Phi) is 4.36. The average Bonchev–Trinajstić information content (AvgIpc) is 2.97. The van der Waals surface area contributed by atoms with Crippen molar-refractivity contribution in [3.05, 3.63) is 35.4 Å². The quantitative estimate of drug-likeness (QED) is 0.894. The van der Waals surface area contributed by atoms with Crippen LogP contribution < -0.4 is 0 Å². The smallest absolute Gasteiger partial charge is 0.0925 e. The van der Waals surface area contributed by atoms with E-state index in [1.807, 2.05) is 0 Å². The first-order valence-electron chi connectivity index (χ1n) is 7.65. The minimum absolute atomic E-state index is 0.949. The molecular weight excluding hydrogens is 264 g/mol. The van der Waals surface area contributed by atoms with Crippen LogP contribution in [0.2, 0.25) is 0 Å². The Labute approximate surface area is 125 Å². The van der Waals surface area contributed by atoms with Gasteiger partial charge in [0, 0.05) is 37.6 Å². The summed E-state index contributed by atoms with van der Waals surface area (Å²) in [5, 5.41) is 0. The molecule has 21 heavy (non-hydrogen) atoms. The van der Waals surface area contributed by atoms with Crippen LogP contribution >= 0.6 is 0 Å². The molecule has 0 aromatic carbocycles. The summed E-state index contributed by atoms with van der Waals surface area (Å²) < 4.78 is 0. The molecule has 6 heteroatoms. The van der Waals surface area contributed by atoms with Gasteiger partial charge in [-0.15, -0.1) is 0 Å². The maximum atomic E-state index is 4.41. The summed E-state index contributed by atoms with van der Waals surface area (Å²) in [5.74, 6) is 0. The predicted molar refractivity (Wildman–Crippen MR) is 81.8 cm³/mol. The molecule has 0 radical (unpaired) electrons. The van der Waals surface area contributed by atoms with E-state index >= 15 is 0 Å². The van der Waals surface area contributed by atoms with Gasteiger partial charge in [0.2, 0.25) is 0 Å². The van der Waals surface area contributed by atoms with Gasteiger partial charge in [-0.25, -0.2) is 9.97 Å². The summed E-state index contributed by atoms with van der Waals surface area (Å²) in [6.07, 6.45) is 4.78. The average molecular weight is 288 g/mol. The lowest BCUT2D eigenvalue weighted by Gasteiger charge is -2.21. The monoisotopic (exact) mass is 288 g/mol. The minimum atomic E-state index is 0.949. The Bertz CT molecular complexity index is 522. The number of rotatable bonds is 4. The van der Waals surface area contributed by atoms with Crippen molar-refractivity contribution in [3.63, 3.8) is 0 Å². The lowest BCUT2D eigenvalue weighted by molar-refractivity contribution is 0.244. The minimum Gasteiger partial charge on any atom is -0.348 e. The van der Waals surface area contributed by atoms with Crippen LogP contribution in [-0.2, 0) is 13.1 Å². The second-order valence-corrected chi connectivity index (χ2v) is 5.85. The van der Waals surface area contributed by atoms with E-state index in [1.54, 1.807) is 12.7 Å². The highest BCUT2D eigenvalue weighted by molar-refractivity contribution is 5.09. The van der Waals surface area contributed by atoms with Crippen LogP contribution in [0.15, 0.2) is 12.7 Å². The molecule has 2 aromatic rings. The number of H-pyrrole nitrogens is 2. The molecule has 3 rings (SSSR count). The third-order valence-electron chi connectivity index (χ3n) is 4.30. The Balaban J connectivity index is 1.54. The predicted octanol–water partition coefficient (Wildman–Crippen LogP) is 1.46. The molecule has 0 aliphatic carbocycles. The van der Waals surface area contributed by atoms with Gasteiger partial charge in [-0.2, -0.15) is 0 Å². The zero-order valence-electron chi connectivity index (χ0n) is 12.9. The number of hydrogen-bond acceptors (Lipinski definition) is 4. The molecule has 0 unspecified atom stereocenters. The number of aryl methyl sites for hydroxylation is 2. The van der Waals surface area contributed by atoms with Crippen LogP contribution in [0.3, 0.4) is 0 Å². The van der Waals surface area contributed by atoms with E-state index in [-0.39, 0.29) is 0 Å². The fraction of sp³-hybridized carbons (Fsp3) is 0.600. The van der Waals surface area contributed by atoms with Gasteiger partial charge in [-0.05, 0) is 33.4 Å². The lowest BCUT2D eigenvalue weighted by Crippen LogP contribution is -2.30. The van der Waals surface area contributed by atoms with E-state index in [4.69, 9.17) is 0 Å².